The number of nitrogens with zero attached hydrogens (tertiary/aromatic N) is 2. The van der Waals surface area contributed by atoms with Gasteiger partial charge >= 0.3 is 0 Å². The van der Waals surface area contributed by atoms with Crippen molar-refractivity contribution < 1.29 is 9.59 Å². The molecule has 0 saturated carbocycles. The van der Waals surface area contributed by atoms with Crippen LogP contribution < -0.4 is 10.6 Å². The number of anilines is 2. The summed E-state index contributed by atoms with van der Waals surface area (Å²) < 4.78 is 0. The molecule has 0 atom stereocenters. The minimum absolute atomic E-state index is 0.00476. The number of rotatable bonds is 6. The fraction of sp³-hybridized carbons (Fsp3) is 0.0968. The fourth-order valence-corrected chi connectivity index (χ4v) is 4.08. The molecule has 0 unspecified atom stereocenters. The van der Waals surface area contributed by atoms with E-state index in [-0.39, 0.29) is 5.57 Å². The lowest BCUT2D eigenvalue weighted by molar-refractivity contribution is -0.118. The van der Waals surface area contributed by atoms with E-state index in [9.17, 15) is 9.59 Å². The predicted molar refractivity (Wildman–Crippen MR) is 149 cm³/mol. The van der Waals surface area contributed by atoms with E-state index in [4.69, 9.17) is 0 Å². The average Bonchev–Trinajstić information content (AvgIpc) is 2.91. The third-order valence-electron chi connectivity index (χ3n) is 6.13. The molecule has 0 aliphatic rings. The zero-order valence-corrected chi connectivity index (χ0v) is 20.6. The van der Waals surface area contributed by atoms with Gasteiger partial charge in [0, 0.05) is 34.5 Å². The minimum Gasteiger partial charge on any atom is -0.322 e. The van der Waals surface area contributed by atoms with Gasteiger partial charge in [-0.05, 0) is 71.7 Å². The summed E-state index contributed by atoms with van der Waals surface area (Å²) in [5.41, 5.74) is 4.74. The van der Waals surface area contributed by atoms with E-state index < -0.39 is 11.8 Å². The van der Waals surface area contributed by atoms with Crippen molar-refractivity contribution >= 4 is 51.1 Å². The Kier molecular flexibility index (Phi) is 6.72. The highest BCUT2D eigenvalue weighted by atomic mass is 16.2. The molecule has 6 nitrogen and oxygen atoms in total. The number of carbonyl (C=O) groups excluding carboxylic acids is 2. The molecule has 5 aromatic rings. The molecule has 182 valence electrons. The number of hydrogen-bond donors (Lipinski definition) is 2. The summed E-state index contributed by atoms with van der Waals surface area (Å²) in [6.45, 7) is 4.24. The molecule has 2 N–H and O–H groups in total. The van der Waals surface area contributed by atoms with Gasteiger partial charge in [-0.25, -0.2) is 0 Å². The molecule has 3 aromatic carbocycles. The lowest BCUT2D eigenvalue weighted by Crippen LogP contribution is -2.25. The van der Waals surface area contributed by atoms with Gasteiger partial charge < -0.3 is 10.6 Å². The maximum Gasteiger partial charge on any atom is 0.261 e. The van der Waals surface area contributed by atoms with Gasteiger partial charge in [-0.15, -0.1) is 0 Å². The zero-order valence-electron chi connectivity index (χ0n) is 20.6. The summed E-state index contributed by atoms with van der Waals surface area (Å²) in [5.74, 6) is -0.624. The topological polar surface area (TPSA) is 84.0 Å². The number of amides is 2. The second kappa shape index (κ2) is 10.4. The quantitative estimate of drug-likeness (QED) is 0.162. The summed E-state index contributed by atoms with van der Waals surface area (Å²) in [6.07, 6.45) is 5.05. The smallest absolute Gasteiger partial charge is 0.261 e. The summed E-state index contributed by atoms with van der Waals surface area (Å²) >= 11 is 0. The van der Waals surface area contributed by atoms with Crippen molar-refractivity contribution in [1.82, 2.24) is 9.97 Å². The van der Waals surface area contributed by atoms with Crippen molar-refractivity contribution in [2.75, 3.05) is 10.6 Å². The summed E-state index contributed by atoms with van der Waals surface area (Å²) in [4.78, 5) is 35.4. The predicted octanol–water partition coefficient (Wildman–Crippen LogP) is 6.57. The highest BCUT2D eigenvalue weighted by molar-refractivity contribution is 6.29. The second-order valence-corrected chi connectivity index (χ2v) is 9.11. The molecular formula is C31H26N4O2. The summed E-state index contributed by atoms with van der Waals surface area (Å²) in [7, 11) is 0. The van der Waals surface area contributed by atoms with Crippen molar-refractivity contribution in [3.05, 3.63) is 114 Å². The van der Waals surface area contributed by atoms with Crippen LogP contribution in [-0.4, -0.2) is 21.8 Å². The lowest BCUT2D eigenvalue weighted by atomic mass is 10.0. The molecule has 2 amide bonds. The third kappa shape index (κ3) is 5.54. The largest absolute Gasteiger partial charge is 0.322 e. The third-order valence-corrected chi connectivity index (χ3v) is 6.13. The van der Waals surface area contributed by atoms with Crippen molar-refractivity contribution in [3.63, 3.8) is 0 Å². The molecule has 0 aliphatic carbocycles. The van der Waals surface area contributed by atoms with E-state index in [1.807, 2.05) is 72.8 Å². The van der Waals surface area contributed by atoms with Crippen LogP contribution in [0.25, 0.3) is 27.9 Å². The highest BCUT2D eigenvalue weighted by Gasteiger charge is 2.19. The van der Waals surface area contributed by atoms with Crippen molar-refractivity contribution in [2.45, 2.75) is 19.8 Å². The Morgan fingerprint density at radius 1 is 0.703 bits per heavy atom. The number of nitrogens with one attached hydrogen (secondary N) is 2. The van der Waals surface area contributed by atoms with E-state index in [0.717, 1.165) is 27.4 Å². The maximum atomic E-state index is 13.4. The van der Waals surface area contributed by atoms with Gasteiger partial charge in [0.15, 0.2) is 0 Å². The molecule has 2 heterocycles. The lowest BCUT2D eigenvalue weighted by Gasteiger charge is -2.12. The summed E-state index contributed by atoms with van der Waals surface area (Å²) in [5, 5.41) is 7.53. The Morgan fingerprint density at radius 2 is 1.22 bits per heavy atom. The van der Waals surface area contributed by atoms with Crippen LogP contribution in [0.15, 0.2) is 103 Å². The van der Waals surface area contributed by atoms with Crippen LogP contribution in [-0.2, 0) is 9.59 Å². The molecule has 2 aromatic heterocycles. The molecule has 6 heteroatoms. The van der Waals surface area contributed by atoms with Gasteiger partial charge in [0.05, 0.1) is 11.0 Å². The number of hydrogen-bond acceptors (Lipinski definition) is 4. The number of benzene rings is 3. The van der Waals surface area contributed by atoms with E-state index in [2.05, 4.69) is 34.4 Å². The van der Waals surface area contributed by atoms with Crippen LogP contribution in [0.1, 0.15) is 30.9 Å². The molecule has 0 bridgehead atoms. The number of pyridine rings is 2. The normalized spacial score (nSPS) is 10.9. The average molecular weight is 487 g/mol. The van der Waals surface area contributed by atoms with Crippen LogP contribution in [0.2, 0.25) is 0 Å². The molecule has 0 saturated heterocycles. The molecule has 0 fully saturated rings. The zero-order chi connectivity index (χ0) is 25.8. The van der Waals surface area contributed by atoms with E-state index in [0.29, 0.717) is 17.3 Å². The molecule has 0 radical (unpaired) electrons. The van der Waals surface area contributed by atoms with Crippen LogP contribution in [0, 0.1) is 0 Å². The molecular weight excluding hydrogens is 460 g/mol. The first-order valence-electron chi connectivity index (χ1n) is 12.1. The van der Waals surface area contributed by atoms with Crippen LogP contribution >= 0.6 is 0 Å². The first-order valence-corrected chi connectivity index (χ1v) is 12.1. The van der Waals surface area contributed by atoms with Crippen molar-refractivity contribution in [3.8, 4) is 0 Å². The highest BCUT2D eigenvalue weighted by Crippen LogP contribution is 2.22. The van der Waals surface area contributed by atoms with E-state index in [1.54, 1.807) is 30.6 Å². The van der Waals surface area contributed by atoms with Gasteiger partial charge in [0.25, 0.3) is 11.8 Å². The van der Waals surface area contributed by atoms with Gasteiger partial charge in [-0.2, -0.15) is 0 Å². The van der Waals surface area contributed by atoms with Gasteiger partial charge in [0.1, 0.15) is 5.57 Å². The molecule has 37 heavy (non-hydrogen) atoms. The fourth-order valence-electron chi connectivity index (χ4n) is 4.08. The van der Waals surface area contributed by atoms with Crippen molar-refractivity contribution in [2.24, 2.45) is 0 Å². The van der Waals surface area contributed by atoms with Crippen LogP contribution in [0.5, 0.6) is 0 Å². The van der Waals surface area contributed by atoms with Crippen LogP contribution in [0.3, 0.4) is 0 Å². The second-order valence-electron chi connectivity index (χ2n) is 9.11. The molecule has 5 rings (SSSR count). The number of fused-ring (bicyclic) bond motifs is 2. The van der Waals surface area contributed by atoms with Gasteiger partial charge in [0.2, 0.25) is 0 Å². The minimum atomic E-state index is -0.504. The van der Waals surface area contributed by atoms with Crippen molar-refractivity contribution in [1.29, 1.82) is 0 Å². The SMILES string of the molecule is CC(C)c1ccc(C=C(C(=O)Nc2ccc3ncccc3c2)C(=O)Nc2ccc3ncccc3c2)cc1. The number of carbonyl (C=O) groups is 2. The standard InChI is InChI=1S/C31H26N4O2/c1-20(2)22-9-7-21(8-10-22)17-27(30(36)34-25-11-13-28-23(18-25)5-3-15-32-28)31(37)35-26-12-14-29-24(19-26)6-4-16-33-29/h3-20H,1-2H3,(H,34,36)(H,35,37). The van der Waals surface area contributed by atoms with Crippen LogP contribution in [0.4, 0.5) is 11.4 Å². The molecule has 0 aliphatic heterocycles. The monoisotopic (exact) mass is 486 g/mol. The molecule has 0 spiro atoms. The number of aromatic nitrogens is 2. The Balaban J connectivity index is 1.46. The van der Waals surface area contributed by atoms with E-state index in [1.165, 1.54) is 5.56 Å². The van der Waals surface area contributed by atoms with E-state index >= 15 is 0 Å². The van der Waals surface area contributed by atoms with Gasteiger partial charge in [-0.1, -0.05) is 50.2 Å². The Morgan fingerprint density at radius 3 is 1.70 bits per heavy atom. The summed E-state index contributed by atoms with van der Waals surface area (Å²) in [6, 6.07) is 26.3. The Bertz CT molecular complexity index is 1540. The first kappa shape index (κ1) is 23.9. The Labute approximate surface area is 215 Å². The first-order chi connectivity index (χ1) is 18.0. The maximum absolute atomic E-state index is 13.4. The Hall–Kier alpha value is -4.84. The van der Waals surface area contributed by atoms with Gasteiger partial charge in [-0.3, -0.25) is 19.6 Å².